The Morgan fingerprint density at radius 3 is 2.92 bits per heavy atom. The number of fused-ring (bicyclic) bond motifs is 1. The molecular formula is C7H5BrN2OS. The lowest BCUT2D eigenvalue weighted by molar-refractivity contribution is 0.569. The van der Waals surface area contributed by atoms with Gasteiger partial charge in [0.2, 0.25) is 0 Å². The molecule has 2 rings (SSSR count). The van der Waals surface area contributed by atoms with E-state index in [4.69, 9.17) is 0 Å². The summed E-state index contributed by atoms with van der Waals surface area (Å²) in [5, 5.41) is 1.61. The molecule has 0 N–H and O–H groups in total. The predicted octanol–water partition coefficient (Wildman–Crippen LogP) is 0.723. The third kappa shape index (κ3) is 1.19. The summed E-state index contributed by atoms with van der Waals surface area (Å²) in [6, 6.07) is 5.63. The lowest BCUT2D eigenvalue weighted by Gasteiger charge is -1.91. The lowest BCUT2D eigenvalue weighted by Crippen LogP contribution is -2.21. The summed E-state index contributed by atoms with van der Waals surface area (Å²) < 4.78 is 9.18. The van der Waals surface area contributed by atoms with Gasteiger partial charge < -0.3 is 0 Å². The second kappa shape index (κ2) is 2.99. The number of halogens is 1. The van der Waals surface area contributed by atoms with Crippen LogP contribution in [0, 0.1) is 0 Å². The molecule has 1 aromatic carbocycles. The molecule has 3 nitrogen and oxygen atoms in total. The van der Waals surface area contributed by atoms with Crippen LogP contribution in [0.3, 0.4) is 0 Å². The fourth-order valence-electron chi connectivity index (χ4n) is 0.966. The molecule has 0 aliphatic carbocycles. The van der Waals surface area contributed by atoms with E-state index in [2.05, 4.69) is 24.7 Å². The molecule has 1 aliphatic rings. The van der Waals surface area contributed by atoms with Gasteiger partial charge in [-0.2, -0.15) is 0 Å². The summed E-state index contributed by atoms with van der Waals surface area (Å²) >= 11 is 2.20. The normalized spacial score (nSPS) is 22.2. The first-order chi connectivity index (χ1) is 5.81. The maximum absolute atomic E-state index is 10.4. The van der Waals surface area contributed by atoms with Crippen LogP contribution in [0.4, 0.5) is 0 Å². The fourth-order valence-corrected chi connectivity index (χ4v) is 2.48. The van der Waals surface area contributed by atoms with Gasteiger partial charge in [-0.3, -0.25) is 4.79 Å². The molecule has 0 saturated carbocycles. The number of rotatable bonds is 1. The zero-order chi connectivity index (χ0) is 8.55. The lowest BCUT2D eigenvalue weighted by atomic mass is 10.3. The minimum absolute atomic E-state index is 0.793. The number of carbonyl (C=O) groups is 1. The molecule has 62 valence electrons. The molecule has 0 aromatic heterocycles. The third-order valence-corrected chi connectivity index (χ3v) is 3.13. The minimum Gasteiger partial charge on any atom is -0.289 e. The maximum atomic E-state index is 10.4. The van der Waals surface area contributed by atoms with Gasteiger partial charge in [-0.05, 0) is 39.3 Å². The van der Waals surface area contributed by atoms with E-state index >= 15 is 0 Å². The van der Waals surface area contributed by atoms with Crippen LogP contribution < -0.4 is 10.7 Å². The first kappa shape index (κ1) is 7.94. The Hall–Kier alpha value is -0.680. The van der Waals surface area contributed by atoms with E-state index in [0.717, 1.165) is 20.8 Å². The molecular weight excluding hydrogens is 240 g/mol. The Morgan fingerprint density at radius 1 is 1.42 bits per heavy atom. The third-order valence-electron chi connectivity index (χ3n) is 1.47. The van der Waals surface area contributed by atoms with E-state index in [1.165, 1.54) is 0 Å². The molecule has 0 bridgehead atoms. The molecule has 0 saturated heterocycles. The highest BCUT2D eigenvalue weighted by Crippen LogP contribution is 2.24. The zero-order valence-electron chi connectivity index (χ0n) is 5.94. The van der Waals surface area contributed by atoms with Crippen LogP contribution in [-0.4, -0.2) is 5.62 Å². The minimum atomic E-state index is -1.15. The van der Waals surface area contributed by atoms with E-state index < -0.39 is 11.3 Å². The van der Waals surface area contributed by atoms with Crippen molar-refractivity contribution in [2.45, 2.75) is 0 Å². The predicted molar refractivity (Wildman–Crippen MR) is 52.2 cm³/mol. The van der Waals surface area contributed by atoms with Crippen molar-refractivity contribution in [1.29, 1.82) is 0 Å². The van der Waals surface area contributed by atoms with E-state index in [-0.39, 0.29) is 0 Å². The molecule has 1 heterocycles. The fraction of sp³-hybridized carbons (Fsp3) is 0. The van der Waals surface area contributed by atoms with Crippen LogP contribution in [-0.2, 0) is 4.79 Å². The molecule has 5 heteroatoms. The van der Waals surface area contributed by atoms with Crippen molar-refractivity contribution in [3.8, 4) is 0 Å². The number of para-hydroxylation sites is 1. The largest absolute Gasteiger partial charge is 0.289 e. The number of carbonyl (C=O) groups excluding carboxylic acids is 1. The summed E-state index contributed by atoms with van der Waals surface area (Å²) in [6.07, 6.45) is 0. The maximum Gasteiger partial charge on any atom is 0.194 e. The first-order valence-corrected chi connectivity index (χ1v) is 5.38. The van der Waals surface area contributed by atoms with Crippen LogP contribution in [0.1, 0.15) is 0 Å². The van der Waals surface area contributed by atoms with E-state index in [1.807, 2.05) is 18.2 Å². The second-order valence-electron chi connectivity index (χ2n) is 2.23. The number of benzene rings is 1. The summed E-state index contributed by atoms with van der Waals surface area (Å²) in [4.78, 5) is 10.4. The molecule has 0 radical (unpaired) electrons. The van der Waals surface area contributed by atoms with Crippen molar-refractivity contribution in [3.63, 3.8) is 0 Å². The highest BCUT2D eigenvalue weighted by atomic mass is 79.9. The highest BCUT2D eigenvalue weighted by Gasteiger charge is 2.05. The van der Waals surface area contributed by atoms with Crippen LogP contribution in [0.15, 0.2) is 31.5 Å². The van der Waals surface area contributed by atoms with Crippen LogP contribution >= 0.6 is 27.2 Å². The average molecular weight is 245 g/mol. The summed E-state index contributed by atoms with van der Waals surface area (Å²) in [5.41, 5.74) is 0.793. The molecule has 1 atom stereocenters. The number of thiol groups is 1. The number of hydrogen-bond donors (Lipinski definition) is 1. The molecule has 0 amide bonds. The van der Waals surface area contributed by atoms with Gasteiger partial charge in [0.15, 0.2) is 5.62 Å². The molecule has 0 fully saturated rings. The van der Waals surface area contributed by atoms with Crippen LogP contribution in [0.5, 0.6) is 0 Å². The first-order valence-electron chi connectivity index (χ1n) is 3.27. The zero-order valence-corrected chi connectivity index (χ0v) is 8.42. The molecule has 1 unspecified atom stereocenters. The Kier molecular flexibility index (Phi) is 1.98. The van der Waals surface area contributed by atoms with Gasteiger partial charge >= 0.3 is 0 Å². The summed E-state index contributed by atoms with van der Waals surface area (Å²) in [6.45, 7) is 0. The summed E-state index contributed by atoms with van der Waals surface area (Å²) in [5.74, 6) is 0. The van der Waals surface area contributed by atoms with E-state index in [9.17, 15) is 4.79 Å². The van der Waals surface area contributed by atoms with Gasteiger partial charge in [0.05, 0.1) is 5.36 Å². The Labute approximate surface area is 80.0 Å². The van der Waals surface area contributed by atoms with E-state index in [1.54, 1.807) is 0 Å². The standard InChI is InChI=1S/C7H5BrN2OS/c8-5-2-1-3-6-7(5)10-12(4-11)9-6/h1-4,12H. The molecule has 12 heavy (non-hydrogen) atoms. The van der Waals surface area contributed by atoms with E-state index in [0.29, 0.717) is 0 Å². The Morgan fingerprint density at radius 2 is 2.25 bits per heavy atom. The van der Waals surface area contributed by atoms with Crippen LogP contribution in [0.2, 0.25) is 0 Å². The second-order valence-corrected chi connectivity index (χ2v) is 4.34. The van der Waals surface area contributed by atoms with Crippen molar-refractivity contribution >= 4 is 32.8 Å². The van der Waals surface area contributed by atoms with Crippen LogP contribution in [0.25, 0.3) is 0 Å². The van der Waals surface area contributed by atoms with Gasteiger partial charge in [-0.1, -0.05) is 6.07 Å². The summed E-state index contributed by atoms with van der Waals surface area (Å²) in [7, 11) is 0. The molecule has 0 spiro atoms. The van der Waals surface area contributed by atoms with Gasteiger partial charge in [0.1, 0.15) is 5.36 Å². The van der Waals surface area contributed by atoms with Crippen molar-refractivity contribution in [2.24, 2.45) is 8.80 Å². The van der Waals surface area contributed by atoms with Gasteiger partial charge in [0, 0.05) is 4.47 Å². The SMILES string of the molecule is O=C[SH]1N=c2cccc(Br)c2=N1. The Bertz CT molecular complexity index is 445. The smallest absolute Gasteiger partial charge is 0.194 e. The Balaban J connectivity index is 2.76. The van der Waals surface area contributed by atoms with Crippen molar-refractivity contribution < 1.29 is 4.79 Å². The van der Waals surface area contributed by atoms with Gasteiger partial charge in [-0.25, -0.2) is 8.80 Å². The highest BCUT2D eigenvalue weighted by molar-refractivity contribution is 9.10. The number of nitrogens with zero attached hydrogens (tertiary/aromatic N) is 2. The number of hydrogen-bond acceptors (Lipinski definition) is 3. The average Bonchev–Trinajstić information content (AvgIpc) is 2.49. The molecule has 1 aliphatic heterocycles. The monoisotopic (exact) mass is 244 g/mol. The van der Waals surface area contributed by atoms with Crippen molar-refractivity contribution in [3.05, 3.63) is 33.4 Å². The molecule has 1 aromatic rings. The van der Waals surface area contributed by atoms with Crippen molar-refractivity contribution in [1.82, 2.24) is 0 Å². The topological polar surface area (TPSA) is 41.8 Å². The van der Waals surface area contributed by atoms with Gasteiger partial charge in [-0.15, -0.1) is 0 Å². The quantitative estimate of drug-likeness (QED) is 0.575. The van der Waals surface area contributed by atoms with Crippen molar-refractivity contribution in [2.75, 3.05) is 0 Å². The van der Waals surface area contributed by atoms with Gasteiger partial charge in [0.25, 0.3) is 0 Å².